The summed E-state index contributed by atoms with van der Waals surface area (Å²) >= 11 is 0. The highest BCUT2D eigenvalue weighted by molar-refractivity contribution is 6.26. The van der Waals surface area contributed by atoms with Gasteiger partial charge in [-0.05, 0) is 38.8 Å². The fraction of sp³-hybridized carbons (Fsp3) is 0.867. The maximum atomic E-state index is 12.1. The van der Waals surface area contributed by atoms with E-state index < -0.39 is 11.3 Å². The Morgan fingerprint density at radius 2 is 2.05 bits per heavy atom. The van der Waals surface area contributed by atoms with E-state index in [1.54, 1.807) is 19.0 Å². The molecule has 2 atom stereocenters. The van der Waals surface area contributed by atoms with Gasteiger partial charge in [-0.25, -0.2) is 0 Å². The van der Waals surface area contributed by atoms with Gasteiger partial charge in [0.1, 0.15) is 0 Å². The van der Waals surface area contributed by atoms with Gasteiger partial charge in [0.2, 0.25) is 5.91 Å². The summed E-state index contributed by atoms with van der Waals surface area (Å²) in [5.41, 5.74) is 0. The van der Waals surface area contributed by atoms with Gasteiger partial charge in [-0.15, -0.1) is 0 Å². The van der Waals surface area contributed by atoms with E-state index in [-0.39, 0.29) is 11.9 Å². The molecular weight excluding hydrogens is 267 g/mol. The quantitative estimate of drug-likeness (QED) is 0.690. The van der Waals surface area contributed by atoms with Crippen molar-refractivity contribution in [3.05, 3.63) is 0 Å². The van der Waals surface area contributed by atoms with E-state index in [1.807, 2.05) is 6.92 Å². The molecule has 1 saturated heterocycles. The van der Waals surface area contributed by atoms with E-state index >= 15 is 0 Å². The molecule has 118 valence electrons. The van der Waals surface area contributed by atoms with Crippen LogP contribution in [0.2, 0.25) is 5.31 Å². The molecule has 0 spiro atoms. The molecule has 2 unspecified atom stereocenters. The number of carboxylic acids is 1. The summed E-state index contributed by atoms with van der Waals surface area (Å²) in [6.07, 6.45) is 4.43. The van der Waals surface area contributed by atoms with Crippen LogP contribution in [0.4, 0.5) is 0 Å². The lowest BCUT2D eigenvalue weighted by Crippen LogP contribution is -2.44. The molecule has 0 aromatic rings. The number of unbranched alkanes of at least 4 members (excludes halogenated alkanes) is 1. The van der Waals surface area contributed by atoms with Gasteiger partial charge >= 0.3 is 5.97 Å². The number of likely N-dealkylation sites (N-methyl/N-ethyl adjacent to an activating group) is 1. The first kappa shape index (κ1) is 18.0. The van der Waals surface area contributed by atoms with Gasteiger partial charge in [-0.1, -0.05) is 19.8 Å². The fourth-order valence-electron chi connectivity index (χ4n) is 2.85. The number of hydrogen-bond donors (Lipinski definition) is 1. The first-order valence-corrected chi connectivity index (χ1v) is 7.79. The maximum Gasteiger partial charge on any atom is 0.300 e. The van der Waals surface area contributed by atoms with Gasteiger partial charge in [0.25, 0.3) is 0 Å². The van der Waals surface area contributed by atoms with Crippen molar-refractivity contribution in [3.8, 4) is 0 Å². The highest BCUT2D eigenvalue weighted by atomic mass is 16.4. The summed E-state index contributed by atoms with van der Waals surface area (Å²) in [6.45, 7) is 3.43. The van der Waals surface area contributed by atoms with Crippen molar-refractivity contribution in [3.63, 3.8) is 0 Å². The van der Waals surface area contributed by atoms with Gasteiger partial charge in [0.15, 0.2) is 0 Å². The van der Waals surface area contributed by atoms with Crippen molar-refractivity contribution < 1.29 is 14.7 Å². The van der Waals surface area contributed by atoms with Crippen LogP contribution in [-0.4, -0.2) is 67.9 Å². The first-order chi connectivity index (χ1) is 9.81. The second-order valence-corrected chi connectivity index (χ2v) is 6.24. The highest BCUT2D eigenvalue weighted by Crippen LogP contribution is 2.34. The average molecular weight is 294 g/mol. The molecule has 1 N–H and O–H groups in total. The van der Waals surface area contributed by atoms with Gasteiger partial charge < -0.3 is 10.0 Å². The molecule has 21 heavy (non-hydrogen) atoms. The molecule has 0 aliphatic carbocycles. The number of likely N-dealkylation sites (tertiary alicyclic amines) is 1. The van der Waals surface area contributed by atoms with Crippen molar-refractivity contribution >= 4 is 19.7 Å². The number of carbonyl (C=O) groups excluding carboxylic acids is 1. The zero-order valence-corrected chi connectivity index (χ0v) is 13.5. The number of amides is 1. The van der Waals surface area contributed by atoms with Crippen LogP contribution in [0.1, 0.15) is 45.4 Å². The monoisotopic (exact) mass is 294 g/mol. The third kappa shape index (κ3) is 4.73. The fourth-order valence-corrected chi connectivity index (χ4v) is 2.85. The van der Waals surface area contributed by atoms with Crippen LogP contribution in [0.5, 0.6) is 0 Å². The molecule has 0 aromatic carbocycles. The molecule has 1 amide bonds. The van der Waals surface area contributed by atoms with Crippen molar-refractivity contribution in [1.29, 1.82) is 0 Å². The Bertz CT molecular complexity index is 376. The van der Waals surface area contributed by atoms with Gasteiger partial charge in [0, 0.05) is 19.4 Å². The Labute approximate surface area is 129 Å². The minimum atomic E-state index is -1.18. The molecule has 1 rings (SSSR count). The summed E-state index contributed by atoms with van der Waals surface area (Å²) in [6, 6.07) is -0.121. The summed E-state index contributed by atoms with van der Waals surface area (Å²) in [7, 11) is 9.57. The predicted molar refractivity (Wildman–Crippen MR) is 83.5 cm³/mol. The van der Waals surface area contributed by atoms with E-state index in [2.05, 4.69) is 4.90 Å². The molecule has 5 nitrogen and oxygen atoms in total. The molecule has 2 radical (unpaired) electrons. The third-order valence-electron chi connectivity index (χ3n) is 4.34. The van der Waals surface area contributed by atoms with Crippen LogP contribution in [0.3, 0.4) is 0 Å². The van der Waals surface area contributed by atoms with Gasteiger partial charge in [0.05, 0.1) is 13.9 Å². The SMILES string of the molecule is [B]C(CCCC)(CCN1CCCC1C(=O)N(C)C)C(=O)O. The number of carboxylic acid groups (broad SMARTS) is 1. The molecular formula is C15H27BN2O3. The Hall–Kier alpha value is -1.04. The average Bonchev–Trinajstić information content (AvgIpc) is 2.90. The number of carbonyl (C=O) groups is 2. The van der Waals surface area contributed by atoms with Crippen molar-refractivity contribution in [2.75, 3.05) is 27.2 Å². The molecule has 0 bridgehead atoms. The Morgan fingerprint density at radius 3 is 2.57 bits per heavy atom. The van der Waals surface area contributed by atoms with Crippen molar-refractivity contribution in [2.45, 2.75) is 56.8 Å². The number of aliphatic carboxylic acids is 1. The number of hydrogen-bond acceptors (Lipinski definition) is 3. The molecule has 6 heteroatoms. The Kier molecular flexibility index (Phi) is 6.71. The van der Waals surface area contributed by atoms with Gasteiger partial charge in [-0.2, -0.15) is 0 Å². The number of nitrogens with zero attached hydrogens (tertiary/aromatic N) is 2. The van der Waals surface area contributed by atoms with Crippen LogP contribution in [0.25, 0.3) is 0 Å². The second kappa shape index (κ2) is 7.83. The van der Waals surface area contributed by atoms with Gasteiger partial charge in [-0.3, -0.25) is 14.5 Å². The Balaban J connectivity index is 2.62. The van der Waals surface area contributed by atoms with Crippen molar-refractivity contribution in [2.24, 2.45) is 0 Å². The van der Waals surface area contributed by atoms with E-state index in [4.69, 9.17) is 7.85 Å². The largest absolute Gasteiger partial charge is 0.481 e. The lowest BCUT2D eigenvalue weighted by atomic mass is 9.63. The van der Waals surface area contributed by atoms with E-state index in [1.165, 1.54) is 0 Å². The highest BCUT2D eigenvalue weighted by Gasteiger charge is 2.36. The molecule has 0 aromatic heterocycles. The zero-order chi connectivity index (χ0) is 16.0. The standard InChI is InChI=1S/C15H27BN2O3/c1-4-5-8-15(16,14(20)21)9-11-18-10-6-7-12(18)13(19)17(2)3/h12H,4-11H2,1-3H3,(H,20,21). The predicted octanol–water partition coefficient (Wildman–Crippen LogP) is 1.53. The normalized spacial score (nSPS) is 22.0. The van der Waals surface area contributed by atoms with E-state index in [9.17, 15) is 14.7 Å². The summed E-state index contributed by atoms with van der Waals surface area (Å²) < 4.78 is 0. The number of rotatable bonds is 8. The zero-order valence-electron chi connectivity index (χ0n) is 13.5. The second-order valence-electron chi connectivity index (χ2n) is 6.24. The molecule has 1 aliphatic heterocycles. The molecule has 1 heterocycles. The molecule has 1 fully saturated rings. The minimum absolute atomic E-state index is 0.0963. The smallest absolute Gasteiger partial charge is 0.300 e. The summed E-state index contributed by atoms with van der Waals surface area (Å²) in [5.74, 6) is -0.843. The van der Waals surface area contributed by atoms with Crippen LogP contribution in [0.15, 0.2) is 0 Å². The third-order valence-corrected chi connectivity index (χ3v) is 4.34. The maximum absolute atomic E-state index is 12.1. The van der Waals surface area contributed by atoms with Crippen LogP contribution >= 0.6 is 0 Å². The van der Waals surface area contributed by atoms with Crippen LogP contribution in [0, 0.1) is 0 Å². The molecule has 0 saturated carbocycles. The topological polar surface area (TPSA) is 60.9 Å². The lowest BCUT2D eigenvalue weighted by molar-refractivity contribution is -0.141. The Morgan fingerprint density at radius 1 is 1.38 bits per heavy atom. The minimum Gasteiger partial charge on any atom is -0.481 e. The van der Waals surface area contributed by atoms with Crippen molar-refractivity contribution in [1.82, 2.24) is 9.80 Å². The summed E-state index contributed by atoms with van der Waals surface area (Å²) in [5, 5.41) is 8.20. The first-order valence-electron chi connectivity index (χ1n) is 7.79. The molecule has 1 aliphatic rings. The van der Waals surface area contributed by atoms with E-state index in [0.717, 1.165) is 32.2 Å². The van der Waals surface area contributed by atoms with Crippen LogP contribution < -0.4 is 0 Å². The van der Waals surface area contributed by atoms with E-state index in [0.29, 0.717) is 19.4 Å². The lowest BCUT2D eigenvalue weighted by Gasteiger charge is -2.31. The summed E-state index contributed by atoms with van der Waals surface area (Å²) in [4.78, 5) is 27.2. The van der Waals surface area contributed by atoms with Crippen LogP contribution in [-0.2, 0) is 9.59 Å².